The molecule has 3 aromatic rings. The van der Waals surface area contributed by atoms with Crippen LogP contribution in [-0.4, -0.2) is 4.98 Å². The zero-order chi connectivity index (χ0) is 12.7. The van der Waals surface area contributed by atoms with Crippen LogP contribution in [0.5, 0.6) is 0 Å². The van der Waals surface area contributed by atoms with E-state index >= 15 is 0 Å². The van der Waals surface area contributed by atoms with Gasteiger partial charge >= 0.3 is 0 Å². The molecule has 0 saturated heterocycles. The third-order valence-corrected chi connectivity index (χ3v) is 3.32. The van der Waals surface area contributed by atoms with E-state index in [-0.39, 0.29) is 0 Å². The van der Waals surface area contributed by atoms with Crippen molar-refractivity contribution in [1.82, 2.24) is 4.98 Å². The number of rotatable bonds is 1. The topological polar surface area (TPSA) is 52.0 Å². The standard InChI is InChI=1S/C14H11BrN2O/c1-8-6-11(16)7-12-13(8)18-14(17-12)9-2-4-10(15)5-3-9/h2-7H,16H2,1H3. The van der Waals surface area contributed by atoms with Crippen LogP contribution in [-0.2, 0) is 0 Å². The normalized spacial score (nSPS) is 11.0. The van der Waals surface area contributed by atoms with Crippen LogP contribution in [0.25, 0.3) is 22.6 Å². The number of aromatic nitrogens is 1. The first-order chi connectivity index (χ1) is 8.63. The van der Waals surface area contributed by atoms with Gasteiger partial charge in [-0.05, 0) is 48.9 Å². The van der Waals surface area contributed by atoms with E-state index in [0.29, 0.717) is 11.6 Å². The lowest BCUT2D eigenvalue weighted by molar-refractivity contribution is 0.617. The van der Waals surface area contributed by atoms with E-state index in [2.05, 4.69) is 20.9 Å². The van der Waals surface area contributed by atoms with Crippen molar-refractivity contribution in [3.63, 3.8) is 0 Å². The summed E-state index contributed by atoms with van der Waals surface area (Å²) in [6, 6.07) is 11.6. The number of oxazole rings is 1. The van der Waals surface area contributed by atoms with E-state index in [9.17, 15) is 0 Å². The molecule has 3 rings (SSSR count). The van der Waals surface area contributed by atoms with Crippen molar-refractivity contribution in [1.29, 1.82) is 0 Å². The van der Waals surface area contributed by atoms with Gasteiger partial charge in [0, 0.05) is 15.7 Å². The van der Waals surface area contributed by atoms with Crippen molar-refractivity contribution < 1.29 is 4.42 Å². The molecule has 0 amide bonds. The molecule has 4 heteroatoms. The van der Waals surface area contributed by atoms with E-state index < -0.39 is 0 Å². The lowest BCUT2D eigenvalue weighted by Gasteiger charge is -1.95. The first-order valence-electron chi connectivity index (χ1n) is 5.56. The van der Waals surface area contributed by atoms with E-state index in [4.69, 9.17) is 10.2 Å². The molecule has 3 nitrogen and oxygen atoms in total. The van der Waals surface area contributed by atoms with Crippen molar-refractivity contribution in [2.24, 2.45) is 0 Å². The third-order valence-electron chi connectivity index (χ3n) is 2.79. The highest BCUT2D eigenvalue weighted by atomic mass is 79.9. The second kappa shape index (κ2) is 4.14. The predicted octanol–water partition coefficient (Wildman–Crippen LogP) is 4.15. The van der Waals surface area contributed by atoms with Gasteiger partial charge in [0.1, 0.15) is 5.52 Å². The van der Waals surface area contributed by atoms with Gasteiger partial charge in [-0.15, -0.1) is 0 Å². The Bertz CT molecular complexity index is 716. The van der Waals surface area contributed by atoms with Gasteiger partial charge in [-0.1, -0.05) is 15.9 Å². The molecule has 2 N–H and O–H groups in total. The van der Waals surface area contributed by atoms with Gasteiger partial charge in [0.15, 0.2) is 5.58 Å². The summed E-state index contributed by atoms with van der Waals surface area (Å²) in [6.07, 6.45) is 0. The van der Waals surface area contributed by atoms with Crippen molar-refractivity contribution in [3.8, 4) is 11.5 Å². The zero-order valence-corrected chi connectivity index (χ0v) is 11.4. The number of benzene rings is 2. The fourth-order valence-electron chi connectivity index (χ4n) is 1.94. The van der Waals surface area contributed by atoms with Crippen LogP contribution in [0.2, 0.25) is 0 Å². The van der Waals surface area contributed by atoms with Crippen LogP contribution in [0.1, 0.15) is 5.56 Å². The summed E-state index contributed by atoms with van der Waals surface area (Å²) >= 11 is 3.41. The molecule has 2 aromatic carbocycles. The lowest BCUT2D eigenvalue weighted by atomic mass is 10.2. The fourth-order valence-corrected chi connectivity index (χ4v) is 2.21. The summed E-state index contributed by atoms with van der Waals surface area (Å²) in [5, 5.41) is 0. The molecule has 1 aromatic heterocycles. The summed E-state index contributed by atoms with van der Waals surface area (Å²) in [6.45, 7) is 1.97. The highest BCUT2D eigenvalue weighted by molar-refractivity contribution is 9.10. The molecule has 0 atom stereocenters. The number of anilines is 1. The average Bonchev–Trinajstić information content (AvgIpc) is 2.74. The predicted molar refractivity (Wildman–Crippen MR) is 76.3 cm³/mol. The van der Waals surface area contributed by atoms with Crippen LogP contribution in [0.3, 0.4) is 0 Å². The van der Waals surface area contributed by atoms with Gasteiger partial charge in [0.2, 0.25) is 5.89 Å². The van der Waals surface area contributed by atoms with Crippen LogP contribution in [0.15, 0.2) is 45.3 Å². The highest BCUT2D eigenvalue weighted by Crippen LogP contribution is 2.28. The first kappa shape index (κ1) is 11.3. The van der Waals surface area contributed by atoms with Gasteiger partial charge in [-0.25, -0.2) is 4.98 Å². The maximum absolute atomic E-state index is 5.80. The fraction of sp³-hybridized carbons (Fsp3) is 0.0714. The molecule has 0 fully saturated rings. The highest BCUT2D eigenvalue weighted by Gasteiger charge is 2.10. The van der Waals surface area contributed by atoms with Gasteiger partial charge in [-0.2, -0.15) is 0 Å². The number of hydrogen-bond donors (Lipinski definition) is 1. The van der Waals surface area contributed by atoms with Crippen molar-refractivity contribution in [2.45, 2.75) is 6.92 Å². The maximum atomic E-state index is 5.80. The Kier molecular flexibility index (Phi) is 2.59. The molecule has 90 valence electrons. The molecule has 0 aliphatic carbocycles. The van der Waals surface area contributed by atoms with Crippen LogP contribution in [0, 0.1) is 6.92 Å². The molecule has 0 aliphatic rings. The number of halogens is 1. The average molecular weight is 303 g/mol. The quantitative estimate of drug-likeness (QED) is 0.687. The lowest BCUT2D eigenvalue weighted by Crippen LogP contribution is -1.85. The number of nitrogen functional groups attached to an aromatic ring is 1. The number of fused-ring (bicyclic) bond motifs is 1. The van der Waals surface area contributed by atoms with E-state index in [1.165, 1.54) is 0 Å². The van der Waals surface area contributed by atoms with E-state index in [1.54, 1.807) is 0 Å². The molecule has 18 heavy (non-hydrogen) atoms. The van der Waals surface area contributed by atoms with E-state index in [0.717, 1.165) is 26.7 Å². The summed E-state index contributed by atoms with van der Waals surface area (Å²) in [7, 11) is 0. The monoisotopic (exact) mass is 302 g/mol. The number of aryl methyl sites for hydroxylation is 1. The second-order valence-corrected chi connectivity index (χ2v) is 5.13. The molecule has 1 heterocycles. The summed E-state index contributed by atoms with van der Waals surface area (Å²) in [5.74, 6) is 0.617. The largest absolute Gasteiger partial charge is 0.436 e. The molecular weight excluding hydrogens is 292 g/mol. The summed E-state index contributed by atoms with van der Waals surface area (Å²) < 4.78 is 6.83. The Labute approximate surface area is 113 Å². The molecule has 0 radical (unpaired) electrons. The zero-order valence-electron chi connectivity index (χ0n) is 9.77. The molecule has 0 saturated carbocycles. The van der Waals surface area contributed by atoms with Crippen LogP contribution < -0.4 is 5.73 Å². The SMILES string of the molecule is Cc1cc(N)cc2nc(-c3ccc(Br)cc3)oc12. The Morgan fingerprint density at radius 3 is 2.61 bits per heavy atom. The minimum atomic E-state index is 0.617. The number of hydrogen-bond acceptors (Lipinski definition) is 3. The van der Waals surface area contributed by atoms with E-state index in [1.807, 2.05) is 43.3 Å². The third kappa shape index (κ3) is 1.88. The summed E-state index contributed by atoms with van der Waals surface area (Å²) in [4.78, 5) is 4.47. The number of nitrogens with two attached hydrogens (primary N) is 1. The molecular formula is C14H11BrN2O. The minimum Gasteiger partial charge on any atom is -0.436 e. The van der Waals surface area contributed by atoms with Crippen LogP contribution in [0.4, 0.5) is 5.69 Å². The van der Waals surface area contributed by atoms with Crippen molar-refractivity contribution in [2.75, 3.05) is 5.73 Å². The van der Waals surface area contributed by atoms with Gasteiger partial charge in [0.05, 0.1) is 0 Å². The van der Waals surface area contributed by atoms with Crippen molar-refractivity contribution in [3.05, 3.63) is 46.4 Å². The Morgan fingerprint density at radius 2 is 1.89 bits per heavy atom. The van der Waals surface area contributed by atoms with Crippen molar-refractivity contribution >= 4 is 32.7 Å². The molecule has 0 unspecified atom stereocenters. The van der Waals surface area contributed by atoms with Crippen LogP contribution >= 0.6 is 15.9 Å². The Morgan fingerprint density at radius 1 is 1.17 bits per heavy atom. The second-order valence-electron chi connectivity index (χ2n) is 4.21. The van der Waals surface area contributed by atoms with Gasteiger partial charge in [0.25, 0.3) is 0 Å². The molecule has 0 bridgehead atoms. The van der Waals surface area contributed by atoms with Gasteiger partial charge < -0.3 is 10.2 Å². The summed E-state index contributed by atoms with van der Waals surface area (Å²) in [5.41, 5.74) is 10.1. The maximum Gasteiger partial charge on any atom is 0.227 e. The smallest absolute Gasteiger partial charge is 0.227 e. The number of nitrogens with zero attached hydrogens (tertiary/aromatic N) is 1. The Balaban J connectivity index is 2.19. The molecule has 0 aliphatic heterocycles. The molecule has 0 spiro atoms. The Hall–Kier alpha value is -1.81. The first-order valence-corrected chi connectivity index (χ1v) is 6.35. The minimum absolute atomic E-state index is 0.617. The van der Waals surface area contributed by atoms with Gasteiger partial charge in [-0.3, -0.25) is 0 Å².